The van der Waals surface area contributed by atoms with Crippen molar-refractivity contribution in [1.29, 1.82) is 0 Å². The molecule has 0 saturated heterocycles. The molecule has 0 aliphatic rings. The number of hydrogen-bond donors (Lipinski definition) is 1. The SMILES string of the molecule is Cc1cc(S(=O)(=O)Nc2cc(C(F)(F)F)cc(C(F)(F)F)c2)c(C)cc1Cl. The van der Waals surface area contributed by atoms with Crippen molar-refractivity contribution in [3.8, 4) is 0 Å². The molecule has 1 N–H and O–H groups in total. The predicted octanol–water partition coefficient (Wildman–Crippen LogP) is 5.80. The Morgan fingerprint density at radius 1 is 0.815 bits per heavy atom. The lowest BCUT2D eigenvalue weighted by Gasteiger charge is -2.16. The zero-order valence-electron chi connectivity index (χ0n) is 13.8. The van der Waals surface area contributed by atoms with Crippen LogP contribution in [0, 0.1) is 13.8 Å². The molecule has 0 unspecified atom stereocenters. The Kier molecular flexibility index (Phi) is 5.46. The molecule has 2 aromatic carbocycles. The third kappa shape index (κ3) is 4.86. The maximum absolute atomic E-state index is 12.9. The number of sulfonamides is 1. The fourth-order valence-electron chi connectivity index (χ4n) is 2.27. The highest BCUT2D eigenvalue weighted by Crippen LogP contribution is 2.38. The molecule has 0 spiro atoms. The van der Waals surface area contributed by atoms with Gasteiger partial charge in [-0.05, 0) is 55.3 Å². The molecule has 0 aromatic heterocycles. The summed E-state index contributed by atoms with van der Waals surface area (Å²) >= 11 is 5.87. The normalized spacial score (nSPS) is 12.9. The summed E-state index contributed by atoms with van der Waals surface area (Å²) in [5, 5.41) is 0.268. The second-order valence-corrected chi connectivity index (χ2v) is 7.82. The van der Waals surface area contributed by atoms with Gasteiger partial charge in [-0.2, -0.15) is 26.3 Å². The smallest absolute Gasteiger partial charge is 0.280 e. The van der Waals surface area contributed by atoms with Gasteiger partial charge >= 0.3 is 12.4 Å². The largest absolute Gasteiger partial charge is 0.416 e. The van der Waals surface area contributed by atoms with Crippen LogP contribution in [0.25, 0.3) is 0 Å². The molecule has 3 nitrogen and oxygen atoms in total. The van der Waals surface area contributed by atoms with Gasteiger partial charge in [-0.15, -0.1) is 0 Å². The van der Waals surface area contributed by atoms with Crippen molar-refractivity contribution in [2.75, 3.05) is 4.72 Å². The van der Waals surface area contributed by atoms with E-state index in [-0.39, 0.29) is 21.5 Å². The second kappa shape index (κ2) is 6.90. The first-order chi connectivity index (χ1) is 12.1. The number of halogens is 7. The van der Waals surface area contributed by atoms with E-state index in [4.69, 9.17) is 11.6 Å². The molecule has 148 valence electrons. The number of anilines is 1. The van der Waals surface area contributed by atoms with Crippen LogP contribution in [0.1, 0.15) is 22.3 Å². The van der Waals surface area contributed by atoms with Crippen molar-refractivity contribution in [2.24, 2.45) is 0 Å². The van der Waals surface area contributed by atoms with E-state index in [1.807, 2.05) is 0 Å². The molecule has 0 bridgehead atoms. The highest BCUT2D eigenvalue weighted by molar-refractivity contribution is 7.92. The van der Waals surface area contributed by atoms with E-state index in [0.29, 0.717) is 17.7 Å². The maximum Gasteiger partial charge on any atom is 0.416 e. The number of nitrogens with one attached hydrogen (secondary N) is 1. The van der Waals surface area contributed by atoms with Crippen LogP contribution >= 0.6 is 11.6 Å². The van der Waals surface area contributed by atoms with Gasteiger partial charge < -0.3 is 0 Å². The molecule has 0 radical (unpaired) electrons. The molecule has 0 atom stereocenters. The van der Waals surface area contributed by atoms with E-state index in [0.717, 1.165) is 0 Å². The van der Waals surface area contributed by atoms with Gasteiger partial charge in [0, 0.05) is 5.02 Å². The monoisotopic (exact) mass is 431 g/mol. The summed E-state index contributed by atoms with van der Waals surface area (Å²) in [6.07, 6.45) is -10.2. The first kappa shape index (κ1) is 21.4. The average Bonchev–Trinajstić information content (AvgIpc) is 2.48. The molecule has 27 heavy (non-hydrogen) atoms. The van der Waals surface area contributed by atoms with Crippen LogP contribution in [0.3, 0.4) is 0 Å². The van der Waals surface area contributed by atoms with Gasteiger partial charge in [0.25, 0.3) is 10.0 Å². The average molecular weight is 432 g/mol. The van der Waals surface area contributed by atoms with Gasteiger partial charge in [-0.25, -0.2) is 8.42 Å². The molecule has 0 saturated carbocycles. The standard InChI is InChI=1S/C16H12ClF6NO2S/c1-8-4-14(9(2)3-13(8)17)27(25,26)24-12-6-10(15(18,19)20)5-11(7-12)16(21,22)23/h3-7,24H,1-2H3. The minimum absolute atomic E-state index is 0.0878. The molecule has 0 heterocycles. The van der Waals surface area contributed by atoms with E-state index in [1.54, 1.807) is 4.72 Å². The summed E-state index contributed by atoms with van der Waals surface area (Å²) < 4.78 is 104. The van der Waals surface area contributed by atoms with Crippen LogP contribution in [0.15, 0.2) is 35.2 Å². The molecule has 0 fully saturated rings. The van der Waals surface area contributed by atoms with E-state index in [1.165, 1.54) is 26.0 Å². The van der Waals surface area contributed by atoms with Crippen molar-refractivity contribution in [1.82, 2.24) is 0 Å². The van der Waals surface area contributed by atoms with Crippen LogP contribution in [0.2, 0.25) is 5.02 Å². The Morgan fingerprint density at radius 2 is 1.30 bits per heavy atom. The van der Waals surface area contributed by atoms with Crippen LogP contribution in [-0.2, 0) is 22.4 Å². The van der Waals surface area contributed by atoms with Gasteiger partial charge in [0.2, 0.25) is 0 Å². The first-order valence-corrected chi connectivity index (χ1v) is 9.06. The van der Waals surface area contributed by atoms with Crippen LogP contribution in [0.5, 0.6) is 0 Å². The molecule has 2 aromatic rings. The fourth-order valence-corrected chi connectivity index (χ4v) is 3.84. The lowest BCUT2D eigenvalue weighted by molar-refractivity contribution is -0.143. The highest BCUT2D eigenvalue weighted by atomic mass is 35.5. The highest BCUT2D eigenvalue weighted by Gasteiger charge is 2.37. The summed E-state index contributed by atoms with van der Waals surface area (Å²) in [7, 11) is -4.45. The topological polar surface area (TPSA) is 46.2 Å². The Balaban J connectivity index is 2.57. The van der Waals surface area contributed by atoms with E-state index in [9.17, 15) is 34.8 Å². The summed E-state index contributed by atoms with van der Waals surface area (Å²) in [4.78, 5) is -0.310. The zero-order valence-corrected chi connectivity index (χ0v) is 15.3. The second-order valence-electron chi connectivity index (χ2n) is 5.77. The van der Waals surface area contributed by atoms with Crippen molar-refractivity contribution in [3.05, 3.63) is 57.6 Å². The van der Waals surface area contributed by atoms with Crippen LogP contribution in [0.4, 0.5) is 32.0 Å². The van der Waals surface area contributed by atoms with Gasteiger partial charge in [0.15, 0.2) is 0 Å². The number of aryl methyl sites for hydroxylation is 2. The molecule has 0 aliphatic carbocycles. The maximum atomic E-state index is 12.9. The zero-order chi connectivity index (χ0) is 20.8. The van der Waals surface area contributed by atoms with Crippen LogP contribution < -0.4 is 4.72 Å². The number of rotatable bonds is 3. The molecule has 0 amide bonds. The van der Waals surface area contributed by atoms with Gasteiger partial charge in [0.05, 0.1) is 21.7 Å². The van der Waals surface area contributed by atoms with E-state index in [2.05, 4.69) is 0 Å². The summed E-state index contributed by atoms with van der Waals surface area (Å²) in [5.74, 6) is 0. The first-order valence-electron chi connectivity index (χ1n) is 7.20. The third-order valence-corrected chi connectivity index (χ3v) is 5.52. The fraction of sp³-hybridized carbons (Fsp3) is 0.250. The van der Waals surface area contributed by atoms with Gasteiger partial charge in [-0.3, -0.25) is 4.72 Å². The minimum atomic E-state index is -5.09. The Bertz CT molecular complexity index is 951. The quantitative estimate of drug-likeness (QED) is 0.625. The molecular weight excluding hydrogens is 420 g/mol. The summed E-state index contributed by atoms with van der Waals surface area (Å²) in [6.45, 7) is 2.90. The van der Waals surface area contributed by atoms with Crippen LogP contribution in [-0.4, -0.2) is 8.42 Å². The Morgan fingerprint density at radius 3 is 1.74 bits per heavy atom. The number of alkyl halides is 6. The molecule has 11 heteroatoms. The molecular formula is C16H12ClF6NO2S. The number of benzene rings is 2. The minimum Gasteiger partial charge on any atom is -0.280 e. The molecule has 2 rings (SSSR count). The van der Waals surface area contributed by atoms with Crippen molar-refractivity contribution in [2.45, 2.75) is 31.1 Å². The predicted molar refractivity (Wildman–Crippen MR) is 88.2 cm³/mol. The van der Waals surface area contributed by atoms with Gasteiger partial charge in [-0.1, -0.05) is 11.6 Å². The van der Waals surface area contributed by atoms with E-state index < -0.39 is 39.2 Å². The molecule has 0 aliphatic heterocycles. The summed E-state index contributed by atoms with van der Waals surface area (Å²) in [6, 6.07) is 3.02. The summed E-state index contributed by atoms with van der Waals surface area (Å²) in [5.41, 5.74) is -3.55. The Hall–Kier alpha value is -1.94. The lowest BCUT2D eigenvalue weighted by atomic mass is 10.1. The van der Waals surface area contributed by atoms with Gasteiger partial charge in [0.1, 0.15) is 0 Å². The van der Waals surface area contributed by atoms with Crippen molar-refractivity contribution >= 4 is 27.3 Å². The van der Waals surface area contributed by atoms with Crippen molar-refractivity contribution in [3.63, 3.8) is 0 Å². The third-order valence-electron chi connectivity index (χ3n) is 3.59. The Labute approximate surface area is 156 Å². The van der Waals surface area contributed by atoms with E-state index >= 15 is 0 Å². The van der Waals surface area contributed by atoms with Crippen molar-refractivity contribution < 1.29 is 34.8 Å². The number of hydrogen-bond acceptors (Lipinski definition) is 2. The lowest BCUT2D eigenvalue weighted by Crippen LogP contribution is -2.17.